The highest BCUT2D eigenvalue weighted by Crippen LogP contribution is 1.95. The average molecular weight is 226 g/mol. The Morgan fingerprint density at radius 1 is 1.62 bits per heavy atom. The number of hydrogen-bond donors (Lipinski definition) is 2. The van der Waals surface area contributed by atoms with Crippen molar-refractivity contribution in [2.24, 2.45) is 13.0 Å². The molecule has 0 spiro atoms. The second-order valence-corrected chi connectivity index (χ2v) is 3.46. The summed E-state index contributed by atoms with van der Waals surface area (Å²) in [5.74, 6) is -1.91. The molecule has 2 N–H and O–H groups in total. The van der Waals surface area contributed by atoms with Crippen LogP contribution in [0.1, 0.15) is 12.7 Å². The van der Waals surface area contributed by atoms with Gasteiger partial charge < -0.3 is 15.0 Å². The molecule has 1 amide bonds. The van der Waals surface area contributed by atoms with E-state index in [1.807, 2.05) is 0 Å². The lowest BCUT2D eigenvalue weighted by Crippen LogP contribution is -2.34. The van der Waals surface area contributed by atoms with Crippen molar-refractivity contribution in [3.63, 3.8) is 0 Å². The molecule has 0 saturated carbocycles. The van der Waals surface area contributed by atoms with Crippen molar-refractivity contribution >= 4 is 11.9 Å². The summed E-state index contributed by atoms with van der Waals surface area (Å²) in [5, 5.41) is 18.6. The average Bonchev–Trinajstić information content (AvgIpc) is 2.63. The van der Waals surface area contributed by atoms with Crippen molar-refractivity contribution in [3.05, 3.63) is 12.2 Å². The topological polar surface area (TPSA) is 97.1 Å². The minimum atomic E-state index is -1.13. The van der Waals surface area contributed by atoms with E-state index in [-0.39, 0.29) is 0 Å². The first kappa shape index (κ1) is 12.2. The smallest absolute Gasteiger partial charge is 0.315 e. The maximum absolute atomic E-state index is 11.3. The van der Waals surface area contributed by atoms with Crippen LogP contribution >= 0.6 is 0 Å². The fraction of sp³-hybridized carbons (Fsp3) is 0.556. The van der Waals surface area contributed by atoms with Crippen molar-refractivity contribution in [2.45, 2.75) is 13.3 Å². The first-order chi connectivity index (χ1) is 7.52. The molecule has 16 heavy (non-hydrogen) atoms. The van der Waals surface area contributed by atoms with Gasteiger partial charge in [-0.2, -0.15) is 0 Å². The Hall–Kier alpha value is -1.92. The molecule has 1 aromatic heterocycles. The summed E-state index contributed by atoms with van der Waals surface area (Å²) < 4.78 is 1.74. The lowest BCUT2D eigenvalue weighted by molar-refractivity contribution is -0.146. The Morgan fingerprint density at radius 2 is 2.31 bits per heavy atom. The molecule has 1 heterocycles. The number of aliphatic carboxylic acids is 1. The summed E-state index contributed by atoms with van der Waals surface area (Å²) in [7, 11) is 1.80. The Morgan fingerprint density at radius 3 is 2.81 bits per heavy atom. The summed E-state index contributed by atoms with van der Waals surface area (Å²) in [6, 6.07) is 0. The molecule has 0 bridgehead atoms. The normalized spacial score (nSPS) is 12.1. The molecule has 88 valence electrons. The first-order valence-corrected chi connectivity index (χ1v) is 4.85. The van der Waals surface area contributed by atoms with Crippen LogP contribution in [0.15, 0.2) is 6.33 Å². The standard InChI is InChI=1S/C9H14N4O3/c1-6(9(15)16)8(14)10-4-3-7-12-11-5-13(7)2/h5-6H,3-4H2,1-2H3,(H,10,14)(H,15,16). The predicted octanol–water partition coefficient (Wildman–Crippen LogP) is -0.805. The molecule has 0 aliphatic rings. The van der Waals surface area contributed by atoms with Crippen LogP contribution in [0.25, 0.3) is 0 Å². The van der Waals surface area contributed by atoms with Gasteiger partial charge in [0, 0.05) is 20.0 Å². The third-order valence-corrected chi connectivity index (χ3v) is 2.22. The Balaban J connectivity index is 2.34. The Bertz CT molecular complexity index is 388. The molecule has 7 nitrogen and oxygen atoms in total. The molecule has 0 radical (unpaired) electrons. The van der Waals surface area contributed by atoms with Crippen LogP contribution in [0.2, 0.25) is 0 Å². The molecule has 0 aliphatic carbocycles. The van der Waals surface area contributed by atoms with Gasteiger partial charge in [-0.25, -0.2) is 0 Å². The highest BCUT2D eigenvalue weighted by atomic mass is 16.4. The molecule has 0 aromatic carbocycles. The maximum Gasteiger partial charge on any atom is 0.315 e. The van der Waals surface area contributed by atoms with Crippen LogP contribution in [0.5, 0.6) is 0 Å². The van der Waals surface area contributed by atoms with Gasteiger partial charge in [0.05, 0.1) is 0 Å². The van der Waals surface area contributed by atoms with E-state index in [1.54, 1.807) is 17.9 Å². The molecule has 0 aliphatic heterocycles. The van der Waals surface area contributed by atoms with Gasteiger partial charge in [0.1, 0.15) is 18.1 Å². The fourth-order valence-corrected chi connectivity index (χ4v) is 1.10. The van der Waals surface area contributed by atoms with Gasteiger partial charge in [0.2, 0.25) is 5.91 Å². The van der Waals surface area contributed by atoms with E-state index in [0.29, 0.717) is 13.0 Å². The summed E-state index contributed by atoms with van der Waals surface area (Å²) in [5.41, 5.74) is 0. The van der Waals surface area contributed by atoms with Gasteiger partial charge in [-0.1, -0.05) is 0 Å². The number of nitrogens with zero attached hydrogens (tertiary/aromatic N) is 3. The summed E-state index contributed by atoms with van der Waals surface area (Å²) in [6.45, 7) is 1.70. The second kappa shape index (κ2) is 5.24. The molecular formula is C9H14N4O3. The molecule has 1 rings (SSSR count). The lowest BCUT2D eigenvalue weighted by atomic mass is 10.2. The number of aromatic nitrogens is 3. The van der Waals surface area contributed by atoms with Crippen LogP contribution in [0.4, 0.5) is 0 Å². The largest absolute Gasteiger partial charge is 0.481 e. The van der Waals surface area contributed by atoms with Gasteiger partial charge in [-0.05, 0) is 6.92 Å². The quantitative estimate of drug-likeness (QED) is 0.640. The Kier molecular flexibility index (Phi) is 3.98. The van der Waals surface area contributed by atoms with Crippen molar-refractivity contribution in [2.75, 3.05) is 6.54 Å². The van der Waals surface area contributed by atoms with Crippen molar-refractivity contribution in [1.29, 1.82) is 0 Å². The third kappa shape index (κ3) is 3.04. The van der Waals surface area contributed by atoms with E-state index in [1.165, 1.54) is 6.92 Å². The Labute approximate surface area is 92.5 Å². The lowest BCUT2D eigenvalue weighted by Gasteiger charge is -2.07. The molecule has 1 aromatic rings. The number of carboxylic acid groups (broad SMARTS) is 1. The number of carboxylic acids is 1. The third-order valence-electron chi connectivity index (χ3n) is 2.22. The molecule has 0 fully saturated rings. The van der Waals surface area contributed by atoms with Crippen LogP contribution in [-0.4, -0.2) is 38.3 Å². The number of carbonyl (C=O) groups is 2. The van der Waals surface area contributed by atoms with E-state index in [9.17, 15) is 9.59 Å². The van der Waals surface area contributed by atoms with Crippen molar-refractivity contribution in [3.8, 4) is 0 Å². The summed E-state index contributed by atoms with van der Waals surface area (Å²) in [6.07, 6.45) is 2.09. The van der Waals surface area contributed by atoms with Gasteiger partial charge in [-0.3, -0.25) is 9.59 Å². The number of rotatable bonds is 5. The van der Waals surface area contributed by atoms with Crippen molar-refractivity contribution in [1.82, 2.24) is 20.1 Å². The predicted molar refractivity (Wildman–Crippen MR) is 54.5 cm³/mol. The highest BCUT2D eigenvalue weighted by molar-refractivity contribution is 5.96. The van der Waals surface area contributed by atoms with E-state index >= 15 is 0 Å². The second-order valence-electron chi connectivity index (χ2n) is 3.46. The zero-order valence-corrected chi connectivity index (χ0v) is 9.17. The first-order valence-electron chi connectivity index (χ1n) is 4.85. The maximum atomic E-state index is 11.3. The minimum absolute atomic E-state index is 0.350. The molecular weight excluding hydrogens is 212 g/mol. The van der Waals surface area contributed by atoms with Crippen molar-refractivity contribution < 1.29 is 14.7 Å². The highest BCUT2D eigenvalue weighted by Gasteiger charge is 2.19. The van der Waals surface area contributed by atoms with E-state index in [0.717, 1.165) is 5.82 Å². The van der Waals surface area contributed by atoms with Gasteiger partial charge in [0.15, 0.2) is 0 Å². The SMILES string of the molecule is CC(C(=O)O)C(=O)NCCc1nncn1C. The van der Waals surface area contributed by atoms with Gasteiger partial charge >= 0.3 is 5.97 Å². The monoisotopic (exact) mass is 226 g/mol. The van der Waals surface area contributed by atoms with Crippen LogP contribution < -0.4 is 5.32 Å². The minimum Gasteiger partial charge on any atom is -0.481 e. The van der Waals surface area contributed by atoms with E-state index < -0.39 is 17.8 Å². The van der Waals surface area contributed by atoms with Crippen LogP contribution in [0, 0.1) is 5.92 Å². The fourth-order valence-electron chi connectivity index (χ4n) is 1.10. The zero-order chi connectivity index (χ0) is 12.1. The van der Waals surface area contributed by atoms with E-state index in [2.05, 4.69) is 15.5 Å². The van der Waals surface area contributed by atoms with Gasteiger partial charge in [0.25, 0.3) is 0 Å². The zero-order valence-electron chi connectivity index (χ0n) is 9.17. The van der Waals surface area contributed by atoms with Crippen LogP contribution in [0.3, 0.4) is 0 Å². The number of amides is 1. The summed E-state index contributed by atoms with van der Waals surface area (Å²) >= 11 is 0. The number of nitrogens with one attached hydrogen (secondary N) is 1. The molecule has 1 unspecified atom stereocenters. The number of aryl methyl sites for hydroxylation is 1. The molecule has 0 saturated heterocycles. The summed E-state index contributed by atoms with van der Waals surface area (Å²) in [4.78, 5) is 21.8. The number of carbonyl (C=O) groups excluding carboxylic acids is 1. The molecule has 1 atom stereocenters. The molecule has 7 heteroatoms. The number of hydrogen-bond acceptors (Lipinski definition) is 4. The van der Waals surface area contributed by atoms with Gasteiger partial charge in [-0.15, -0.1) is 10.2 Å². The van der Waals surface area contributed by atoms with E-state index in [4.69, 9.17) is 5.11 Å². The van der Waals surface area contributed by atoms with Crippen LogP contribution in [-0.2, 0) is 23.1 Å².